The average molecular weight is 246 g/mol. The molecule has 5 nitrogen and oxygen atoms in total. The smallest absolute Gasteiger partial charge is 0.354 e. The minimum atomic E-state index is -1.05. The van der Waals surface area contributed by atoms with Gasteiger partial charge >= 0.3 is 5.97 Å². The molecular weight excluding hydrogens is 232 g/mol. The van der Waals surface area contributed by atoms with E-state index in [-0.39, 0.29) is 12.3 Å². The van der Waals surface area contributed by atoms with Crippen LogP contribution in [0.1, 0.15) is 16.9 Å². The van der Waals surface area contributed by atoms with Crippen LogP contribution in [0, 0.1) is 0 Å². The summed E-state index contributed by atoms with van der Waals surface area (Å²) < 4.78 is 0. The van der Waals surface area contributed by atoms with Gasteiger partial charge in [-0.05, 0) is 17.9 Å². The van der Waals surface area contributed by atoms with Crippen LogP contribution < -0.4 is 5.32 Å². The molecule has 0 bridgehead atoms. The number of aliphatic hydroxyl groups excluding tert-OH is 1. The van der Waals surface area contributed by atoms with E-state index in [1.807, 2.05) is 24.3 Å². The molecule has 1 aromatic heterocycles. The van der Waals surface area contributed by atoms with Crippen LogP contribution in [0.3, 0.4) is 0 Å². The first-order valence-corrected chi connectivity index (χ1v) is 5.70. The zero-order chi connectivity index (χ0) is 13.0. The van der Waals surface area contributed by atoms with Crippen LogP contribution in [-0.2, 0) is 0 Å². The summed E-state index contributed by atoms with van der Waals surface area (Å²) in [7, 11) is 0. The second-order valence-electron chi connectivity index (χ2n) is 3.89. The first kappa shape index (κ1) is 12.3. The minimum Gasteiger partial charge on any atom is -0.477 e. The number of aromatic nitrogens is 1. The number of hydrogen-bond acceptors (Lipinski definition) is 4. The van der Waals surface area contributed by atoms with Gasteiger partial charge in [0.05, 0.1) is 0 Å². The predicted molar refractivity (Wildman–Crippen MR) is 68.9 cm³/mol. The summed E-state index contributed by atoms with van der Waals surface area (Å²) in [5.74, 6) is -0.509. The summed E-state index contributed by atoms with van der Waals surface area (Å²) in [6, 6.07) is 9.01. The molecule has 0 saturated carbocycles. The molecule has 18 heavy (non-hydrogen) atoms. The van der Waals surface area contributed by atoms with Crippen molar-refractivity contribution in [3.8, 4) is 0 Å². The Hall–Kier alpha value is -2.14. The Morgan fingerprint density at radius 2 is 2.11 bits per heavy atom. The van der Waals surface area contributed by atoms with Gasteiger partial charge in [-0.25, -0.2) is 9.78 Å². The molecular formula is C13H14N2O3. The number of carboxylic acids is 1. The van der Waals surface area contributed by atoms with Crippen molar-refractivity contribution >= 4 is 22.6 Å². The topological polar surface area (TPSA) is 82.5 Å². The number of nitrogens with one attached hydrogen (secondary N) is 1. The Labute approximate surface area is 104 Å². The largest absolute Gasteiger partial charge is 0.477 e. The van der Waals surface area contributed by atoms with Crippen molar-refractivity contribution in [3.63, 3.8) is 0 Å². The summed E-state index contributed by atoms with van der Waals surface area (Å²) in [4.78, 5) is 15.1. The van der Waals surface area contributed by atoms with Crippen LogP contribution in [0.25, 0.3) is 10.8 Å². The molecule has 1 heterocycles. The van der Waals surface area contributed by atoms with Crippen molar-refractivity contribution < 1.29 is 15.0 Å². The Bertz CT molecular complexity index is 569. The van der Waals surface area contributed by atoms with E-state index >= 15 is 0 Å². The summed E-state index contributed by atoms with van der Waals surface area (Å²) in [6.07, 6.45) is 0.591. The number of pyridine rings is 1. The molecule has 2 rings (SSSR count). The van der Waals surface area contributed by atoms with Gasteiger partial charge < -0.3 is 15.5 Å². The molecule has 0 aliphatic carbocycles. The average Bonchev–Trinajstić information content (AvgIpc) is 2.38. The highest BCUT2D eigenvalue weighted by molar-refractivity contribution is 5.97. The van der Waals surface area contributed by atoms with Gasteiger partial charge in [0.1, 0.15) is 5.82 Å². The van der Waals surface area contributed by atoms with Gasteiger partial charge in [-0.1, -0.05) is 24.3 Å². The number of anilines is 1. The SMILES string of the molecule is O=C(O)c1cc2ccccc2c(NCCCO)n1. The maximum absolute atomic E-state index is 11.0. The lowest BCUT2D eigenvalue weighted by Crippen LogP contribution is -2.08. The third-order valence-corrected chi connectivity index (χ3v) is 2.59. The van der Waals surface area contributed by atoms with Crippen LogP contribution in [0.15, 0.2) is 30.3 Å². The second kappa shape index (κ2) is 5.46. The van der Waals surface area contributed by atoms with Crippen LogP contribution in [-0.4, -0.2) is 34.3 Å². The molecule has 2 aromatic rings. The van der Waals surface area contributed by atoms with Gasteiger partial charge in [0.2, 0.25) is 0 Å². The van der Waals surface area contributed by atoms with Crippen molar-refractivity contribution in [3.05, 3.63) is 36.0 Å². The zero-order valence-electron chi connectivity index (χ0n) is 9.76. The van der Waals surface area contributed by atoms with E-state index in [2.05, 4.69) is 10.3 Å². The molecule has 5 heteroatoms. The van der Waals surface area contributed by atoms with E-state index in [1.54, 1.807) is 6.07 Å². The number of fused-ring (bicyclic) bond motifs is 1. The van der Waals surface area contributed by atoms with Gasteiger partial charge in [0.25, 0.3) is 0 Å². The summed E-state index contributed by atoms with van der Waals surface area (Å²) >= 11 is 0. The molecule has 0 fully saturated rings. The number of benzene rings is 1. The molecule has 0 aliphatic rings. The van der Waals surface area contributed by atoms with Crippen molar-refractivity contribution in [1.82, 2.24) is 4.98 Å². The lowest BCUT2D eigenvalue weighted by Gasteiger charge is -2.09. The van der Waals surface area contributed by atoms with Crippen molar-refractivity contribution in [2.75, 3.05) is 18.5 Å². The number of rotatable bonds is 5. The van der Waals surface area contributed by atoms with Gasteiger partial charge in [0.15, 0.2) is 5.69 Å². The van der Waals surface area contributed by atoms with Crippen LogP contribution >= 0.6 is 0 Å². The number of aliphatic hydroxyl groups is 1. The lowest BCUT2D eigenvalue weighted by atomic mass is 10.1. The van der Waals surface area contributed by atoms with Crippen LogP contribution in [0.5, 0.6) is 0 Å². The number of aromatic carboxylic acids is 1. The van der Waals surface area contributed by atoms with E-state index in [0.717, 1.165) is 10.8 Å². The van der Waals surface area contributed by atoms with Gasteiger partial charge in [-0.3, -0.25) is 0 Å². The zero-order valence-corrected chi connectivity index (χ0v) is 9.76. The minimum absolute atomic E-state index is 0.0141. The molecule has 0 atom stereocenters. The fraction of sp³-hybridized carbons (Fsp3) is 0.231. The molecule has 0 saturated heterocycles. The fourth-order valence-corrected chi connectivity index (χ4v) is 1.73. The molecule has 0 spiro atoms. The summed E-state index contributed by atoms with van der Waals surface area (Å²) in [6.45, 7) is 0.639. The third kappa shape index (κ3) is 2.57. The first-order chi connectivity index (χ1) is 8.72. The molecule has 0 aliphatic heterocycles. The highest BCUT2D eigenvalue weighted by Gasteiger charge is 2.10. The van der Waals surface area contributed by atoms with Crippen molar-refractivity contribution in [2.24, 2.45) is 0 Å². The van der Waals surface area contributed by atoms with Gasteiger partial charge in [-0.15, -0.1) is 0 Å². The maximum atomic E-state index is 11.0. The van der Waals surface area contributed by atoms with E-state index in [4.69, 9.17) is 10.2 Å². The second-order valence-corrected chi connectivity index (χ2v) is 3.89. The monoisotopic (exact) mass is 246 g/mol. The van der Waals surface area contributed by atoms with E-state index < -0.39 is 5.97 Å². The molecule has 0 amide bonds. The Balaban J connectivity index is 2.43. The molecule has 94 valence electrons. The number of carbonyl (C=O) groups is 1. The third-order valence-electron chi connectivity index (χ3n) is 2.59. The standard InChI is InChI=1S/C13H14N2O3/c16-7-3-6-14-12-10-5-2-1-4-9(10)8-11(15-12)13(17)18/h1-2,4-5,8,16H,3,6-7H2,(H,14,15)(H,17,18). The first-order valence-electron chi connectivity index (χ1n) is 5.70. The van der Waals surface area contributed by atoms with Crippen molar-refractivity contribution in [1.29, 1.82) is 0 Å². The summed E-state index contributed by atoms with van der Waals surface area (Å²) in [5.41, 5.74) is 0.0141. The maximum Gasteiger partial charge on any atom is 0.354 e. The highest BCUT2D eigenvalue weighted by atomic mass is 16.4. The normalized spacial score (nSPS) is 10.5. The van der Waals surface area contributed by atoms with Gasteiger partial charge in [0, 0.05) is 18.5 Å². The Kier molecular flexibility index (Phi) is 3.74. The molecule has 0 unspecified atom stereocenters. The molecule has 1 aromatic carbocycles. The molecule has 3 N–H and O–H groups in total. The van der Waals surface area contributed by atoms with Gasteiger partial charge in [-0.2, -0.15) is 0 Å². The van der Waals surface area contributed by atoms with Crippen LogP contribution in [0.4, 0.5) is 5.82 Å². The number of nitrogens with zero attached hydrogens (tertiary/aromatic N) is 1. The fourth-order valence-electron chi connectivity index (χ4n) is 1.73. The van der Waals surface area contributed by atoms with E-state index in [9.17, 15) is 4.79 Å². The quantitative estimate of drug-likeness (QED) is 0.700. The van der Waals surface area contributed by atoms with Crippen LogP contribution in [0.2, 0.25) is 0 Å². The van der Waals surface area contributed by atoms with E-state index in [0.29, 0.717) is 18.8 Å². The molecule has 0 radical (unpaired) electrons. The Morgan fingerprint density at radius 1 is 1.33 bits per heavy atom. The predicted octanol–water partition coefficient (Wildman–Crippen LogP) is 1.73. The lowest BCUT2D eigenvalue weighted by molar-refractivity contribution is 0.0691. The number of hydrogen-bond donors (Lipinski definition) is 3. The van der Waals surface area contributed by atoms with Crippen molar-refractivity contribution in [2.45, 2.75) is 6.42 Å². The highest BCUT2D eigenvalue weighted by Crippen LogP contribution is 2.22. The Morgan fingerprint density at radius 3 is 2.83 bits per heavy atom. The van der Waals surface area contributed by atoms with E-state index in [1.165, 1.54) is 0 Å². The number of carboxylic acid groups (broad SMARTS) is 1. The summed E-state index contributed by atoms with van der Waals surface area (Å²) in [5, 5.41) is 22.5.